The second-order valence-electron chi connectivity index (χ2n) is 6.66. The van der Waals surface area contributed by atoms with Crippen LogP contribution in [-0.2, 0) is 27.2 Å². The quantitative estimate of drug-likeness (QED) is 0.425. The lowest BCUT2D eigenvalue weighted by Gasteiger charge is -2.09. The van der Waals surface area contributed by atoms with Gasteiger partial charge in [0.15, 0.2) is 6.61 Å². The summed E-state index contributed by atoms with van der Waals surface area (Å²) in [6.45, 7) is -0.186. The summed E-state index contributed by atoms with van der Waals surface area (Å²) >= 11 is 13.2. The zero-order chi connectivity index (χ0) is 21.7. The van der Waals surface area contributed by atoms with E-state index in [9.17, 15) is 14.4 Å². The third-order valence-corrected chi connectivity index (χ3v) is 6.20. The Morgan fingerprint density at radius 3 is 2.73 bits per heavy atom. The van der Waals surface area contributed by atoms with Gasteiger partial charge in [0, 0.05) is 16.3 Å². The SMILES string of the molecule is NC(=O)c1c(NC(=O)COC(=O)CCCOc2ccc(Cl)cc2Cl)sc2c1CCC2. The molecule has 10 heteroatoms. The van der Waals surface area contributed by atoms with Crippen LogP contribution in [-0.4, -0.2) is 31.0 Å². The minimum Gasteiger partial charge on any atom is -0.492 e. The van der Waals surface area contributed by atoms with Gasteiger partial charge >= 0.3 is 5.97 Å². The number of benzene rings is 1. The standard InChI is InChI=1S/C20H20Cl2N2O5S/c21-11-6-7-14(13(22)9-11)28-8-2-5-17(26)29-10-16(25)24-20-18(19(23)27)12-3-1-4-15(12)30-20/h6-7,9H,1-5,8,10H2,(H2,23,27)(H,24,25). The van der Waals surface area contributed by atoms with E-state index in [1.165, 1.54) is 11.3 Å². The van der Waals surface area contributed by atoms with Gasteiger partial charge in [-0.3, -0.25) is 14.4 Å². The van der Waals surface area contributed by atoms with Gasteiger partial charge in [-0.2, -0.15) is 0 Å². The van der Waals surface area contributed by atoms with Crippen LogP contribution in [0.15, 0.2) is 18.2 Å². The van der Waals surface area contributed by atoms with Gasteiger partial charge in [0.05, 0.1) is 17.2 Å². The van der Waals surface area contributed by atoms with E-state index >= 15 is 0 Å². The van der Waals surface area contributed by atoms with Crippen LogP contribution in [0, 0.1) is 0 Å². The Morgan fingerprint density at radius 2 is 2.00 bits per heavy atom. The van der Waals surface area contributed by atoms with Gasteiger partial charge in [0.2, 0.25) is 0 Å². The highest BCUT2D eigenvalue weighted by molar-refractivity contribution is 7.17. The van der Waals surface area contributed by atoms with Crippen molar-refractivity contribution in [3.05, 3.63) is 44.2 Å². The van der Waals surface area contributed by atoms with Crippen LogP contribution in [0.25, 0.3) is 0 Å². The van der Waals surface area contributed by atoms with Gasteiger partial charge in [-0.1, -0.05) is 23.2 Å². The first-order valence-corrected chi connectivity index (χ1v) is 10.9. The number of nitrogens with one attached hydrogen (secondary N) is 1. The average Bonchev–Trinajstić information content (AvgIpc) is 3.25. The monoisotopic (exact) mass is 470 g/mol. The van der Waals surface area contributed by atoms with Gasteiger partial charge in [0.1, 0.15) is 10.8 Å². The normalized spacial score (nSPS) is 12.3. The number of halogens is 2. The van der Waals surface area contributed by atoms with E-state index in [-0.39, 0.29) is 13.0 Å². The number of carbonyl (C=O) groups excluding carboxylic acids is 3. The fourth-order valence-corrected chi connectivity index (χ4v) is 4.90. The van der Waals surface area contributed by atoms with E-state index in [4.69, 9.17) is 38.4 Å². The van der Waals surface area contributed by atoms with E-state index in [2.05, 4.69) is 5.32 Å². The molecule has 0 radical (unpaired) electrons. The number of rotatable bonds is 9. The smallest absolute Gasteiger partial charge is 0.306 e. The first-order valence-electron chi connectivity index (χ1n) is 9.33. The van der Waals surface area contributed by atoms with Crippen LogP contribution < -0.4 is 15.8 Å². The Bertz CT molecular complexity index is 976. The number of thiophene rings is 1. The highest BCUT2D eigenvalue weighted by atomic mass is 35.5. The molecule has 160 valence electrons. The van der Waals surface area contributed by atoms with Gasteiger partial charge in [-0.15, -0.1) is 11.3 Å². The highest BCUT2D eigenvalue weighted by Crippen LogP contribution is 2.38. The lowest BCUT2D eigenvalue weighted by Crippen LogP contribution is -2.22. The van der Waals surface area contributed by atoms with Gasteiger partial charge in [-0.25, -0.2) is 0 Å². The molecule has 2 amide bonds. The number of esters is 1. The molecule has 3 N–H and O–H groups in total. The van der Waals surface area contributed by atoms with E-state index in [1.54, 1.807) is 18.2 Å². The Labute approximate surface area is 187 Å². The van der Waals surface area contributed by atoms with Crippen LogP contribution >= 0.6 is 34.5 Å². The van der Waals surface area contributed by atoms with Crippen molar-refractivity contribution in [1.29, 1.82) is 0 Å². The van der Waals surface area contributed by atoms with Crippen LogP contribution in [0.3, 0.4) is 0 Å². The summed E-state index contributed by atoms with van der Waals surface area (Å²) in [7, 11) is 0. The number of hydrogen-bond acceptors (Lipinski definition) is 6. The molecule has 7 nitrogen and oxygen atoms in total. The molecule has 0 atom stereocenters. The summed E-state index contributed by atoms with van der Waals surface area (Å²) in [5, 5.41) is 3.94. The van der Waals surface area contributed by atoms with Crippen LogP contribution in [0.5, 0.6) is 5.75 Å². The number of carbonyl (C=O) groups is 3. The minimum atomic E-state index is -0.567. The predicted octanol–water partition coefficient (Wildman–Crippen LogP) is 3.98. The number of fused-ring (bicyclic) bond motifs is 1. The second-order valence-corrected chi connectivity index (χ2v) is 8.61. The Hall–Kier alpha value is -2.29. The molecule has 1 heterocycles. The highest BCUT2D eigenvalue weighted by Gasteiger charge is 2.26. The van der Waals surface area contributed by atoms with Crippen molar-refractivity contribution < 1.29 is 23.9 Å². The van der Waals surface area contributed by atoms with Crippen molar-refractivity contribution in [2.45, 2.75) is 32.1 Å². The number of anilines is 1. The molecule has 1 aliphatic rings. The Balaban J connectivity index is 1.40. The Morgan fingerprint density at radius 1 is 1.20 bits per heavy atom. The largest absolute Gasteiger partial charge is 0.492 e. The first-order chi connectivity index (χ1) is 14.3. The molecular formula is C20H20Cl2N2O5S. The molecule has 0 aliphatic heterocycles. The minimum absolute atomic E-state index is 0.0817. The van der Waals surface area contributed by atoms with Gasteiger partial charge in [-0.05, 0) is 49.4 Å². The second kappa shape index (κ2) is 10.1. The van der Waals surface area contributed by atoms with E-state index in [0.717, 1.165) is 29.7 Å². The molecule has 0 fully saturated rings. The maximum Gasteiger partial charge on any atom is 0.306 e. The number of aryl methyl sites for hydroxylation is 1. The van der Waals surface area contributed by atoms with E-state index < -0.39 is 24.4 Å². The van der Waals surface area contributed by atoms with E-state index in [0.29, 0.717) is 32.8 Å². The van der Waals surface area contributed by atoms with Crippen molar-refractivity contribution in [2.75, 3.05) is 18.5 Å². The van der Waals surface area contributed by atoms with E-state index in [1.807, 2.05) is 0 Å². The Kier molecular flexibility index (Phi) is 7.58. The number of nitrogens with two attached hydrogens (primary N) is 1. The van der Waals surface area contributed by atoms with Crippen LogP contribution in [0.1, 0.15) is 40.1 Å². The molecule has 2 aromatic rings. The van der Waals surface area contributed by atoms with Gasteiger partial charge in [0.25, 0.3) is 11.8 Å². The maximum atomic E-state index is 12.1. The molecule has 3 rings (SSSR count). The number of hydrogen-bond donors (Lipinski definition) is 2. The van der Waals surface area contributed by atoms with Crippen LogP contribution in [0.2, 0.25) is 10.0 Å². The zero-order valence-corrected chi connectivity index (χ0v) is 18.3. The van der Waals surface area contributed by atoms with Crippen molar-refractivity contribution in [3.8, 4) is 5.75 Å². The van der Waals surface area contributed by atoms with Crippen molar-refractivity contribution in [1.82, 2.24) is 0 Å². The molecule has 0 bridgehead atoms. The van der Waals surface area contributed by atoms with Crippen molar-refractivity contribution >= 4 is 57.3 Å². The first kappa shape index (κ1) is 22.4. The number of primary amides is 1. The summed E-state index contributed by atoms with van der Waals surface area (Å²) in [6, 6.07) is 4.87. The lowest BCUT2D eigenvalue weighted by molar-refractivity contribution is -0.147. The number of amides is 2. The summed E-state index contributed by atoms with van der Waals surface area (Å²) < 4.78 is 10.5. The molecule has 1 aromatic carbocycles. The van der Waals surface area contributed by atoms with Crippen LogP contribution in [0.4, 0.5) is 5.00 Å². The molecule has 1 aromatic heterocycles. The summed E-state index contributed by atoms with van der Waals surface area (Å²) in [5.41, 5.74) is 6.74. The third kappa shape index (κ3) is 5.65. The molecule has 30 heavy (non-hydrogen) atoms. The predicted molar refractivity (Wildman–Crippen MR) is 116 cm³/mol. The van der Waals surface area contributed by atoms with Crippen molar-refractivity contribution in [2.24, 2.45) is 5.73 Å². The molecule has 0 saturated heterocycles. The third-order valence-electron chi connectivity index (χ3n) is 4.46. The summed E-state index contributed by atoms with van der Waals surface area (Å²) in [4.78, 5) is 36.8. The average molecular weight is 471 g/mol. The molecular weight excluding hydrogens is 451 g/mol. The topological polar surface area (TPSA) is 108 Å². The molecule has 1 aliphatic carbocycles. The fourth-order valence-electron chi connectivity index (χ4n) is 3.12. The lowest BCUT2D eigenvalue weighted by atomic mass is 10.1. The fraction of sp³-hybridized carbons (Fsp3) is 0.350. The summed E-state index contributed by atoms with van der Waals surface area (Å²) in [6.07, 6.45) is 3.09. The molecule has 0 saturated carbocycles. The zero-order valence-electron chi connectivity index (χ0n) is 16.0. The maximum absolute atomic E-state index is 12.1. The number of ether oxygens (including phenoxy) is 2. The molecule has 0 spiro atoms. The van der Waals surface area contributed by atoms with Gasteiger partial charge < -0.3 is 20.5 Å². The molecule has 0 unspecified atom stereocenters. The summed E-state index contributed by atoms with van der Waals surface area (Å²) in [5.74, 6) is -1.14. The van der Waals surface area contributed by atoms with Crippen molar-refractivity contribution in [3.63, 3.8) is 0 Å².